The molecular formula is C39H59N3O12S. The van der Waals surface area contributed by atoms with Crippen LogP contribution in [0.3, 0.4) is 0 Å². The van der Waals surface area contributed by atoms with Gasteiger partial charge in [-0.1, -0.05) is 76.8 Å². The molecule has 15 nitrogen and oxygen atoms in total. The number of nitrogens with zero attached hydrogens (tertiary/aromatic N) is 2. The largest absolute Gasteiger partial charge is 0.508 e. The Morgan fingerprint density at radius 2 is 1.55 bits per heavy atom. The van der Waals surface area contributed by atoms with Crippen LogP contribution in [0.5, 0.6) is 5.75 Å². The average molecular weight is 794 g/mol. The van der Waals surface area contributed by atoms with Crippen LogP contribution in [0, 0.1) is 11.8 Å². The Morgan fingerprint density at radius 1 is 0.964 bits per heavy atom. The second-order valence-electron chi connectivity index (χ2n) is 15.5. The Balaban J connectivity index is 0.000000335. The van der Waals surface area contributed by atoms with Crippen molar-refractivity contribution in [2.75, 3.05) is 40.5 Å². The number of fused-ring (bicyclic) bond motifs is 3. The molecule has 2 fully saturated rings. The summed E-state index contributed by atoms with van der Waals surface area (Å²) in [6.45, 7) is 5.42. The molecule has 308 valence electrons. The fraction of sp³-hybridized carbons (Fsp3) is 0.667. The minimum atomic E-state index is -4.23. The molecule has 0 spiro atoms. The summed E-state index contributed by atoms with van der Waals surface area (Å²) in [5.74, 6) is -7.17. The Bertz CT molecular complexity index is 1730. The van der Waals surface area contributed by atoms with Crippen molar-refractivity contribution in [3.63, 3.8) is 0 Å². The number of rotatable bonds is 16. The molecule has 7 N–H and O–H groups in total. The molecular weight excluding hydrogens is 735 g/mol. The molecule has 1 heterocycles. The van der Waals surface area contributed by atoms with E-state index in [4.69, 9.17) is 4.55 Å². The fourth-order valence-corrected chi connectivity index (χ4v) is 8.78. The number of benzene rings is 1. The smallest absolute Gasteiger partial charge is 0.397 e. The Labute approximate surface area is 324 Å². The lowest BCUT2D eigenvalue weighted by Crippen LogP contribution is -2.67. The van der Waals surface area contributed by atoms with Gasteiger partial charge in [0.05, 0.1) is 30.5 Å². The maximum Gasteiger partial charge on any atom is 0.397 e. The molecule has 1 aromatic carbocycles. The highest BCUT2D eigenvalue weighted by Gasteiger charge is 2.66. The monoisotopic (exact) mass is 793 g/mol. The number of unbranched alkanes of at least 4 members (excludes halogenated alkanes) is 9. The minimum absolute atomic E-state index is 0.0926. The van der Waals surface area contributed by atoms with Gasteiger partial charge in [0.15, 0.2) is 11.4 Å². The lowest BCUT2D eigenvalue weighted by Gasteiger charge is -2.53. The molecule has 3 aliphatic carbocycles. The van der Waals surface area contributed by atoms with Gasteiger partial charge in [0.2, 0.25) is 5.78 Å². The number of phenolic OH excluding ortho intramolecular Hbond substituents is 1. The summed E-state index contributed by atoms with van der Waals surface area (Å²) in [7, 11) is -1.11. The van der Waals surface area contributed by atoms with Crippen LogP contribution in [0.2, 0.25) is 0 Å². The number of likely N-dealkylation sites (N-methyl/N-ethyl adjacent to an activating group) is 1. The maximum absolute atomic E-state index is 14.0. The van der Waals surface area contributed by atoms with Gasteiger partial charge in [-0.25, -0.2) is 4.18 Å². The van der Waals surface area contributed by atoms with Crippen molar-refractivity contribution in [2.24, 2.45) is 11.8 Å². The topological polar surface area (TPSA) is 234 Å². The first kappa shape index (κ1) is 44.3. The summed E-state index contributed by atoms with van der Waals surface area (Å²) in [5, 5.41) is 59.0. The summed E-state index contributed by atoms with van der Waals surface area (Å²) in [6, 6.07) is 3.12. The molecule has 1 saturated heterocycles. The van der Waals surface area contributed by atoms with E-state index in [1.165, 1.54) is 75.0 Å². The third kappa shape index (κ3) is 9.78. The predicted octanol–water partition coefficient (Wildman–Crippen LogP) is 4.04. The predicted molar refractivity (Wildman–Crippen MR) is 204 cm³/mol. The summed E-state index contributed by atoms with van der Waals surface area (Å²) in [6.07, 6.45) is 13.6. The third-order valence-corrected chi connectivity index (χ3v) is 11.9. The van der Waals surface area contributed by atoms with E-state index in [0.29, 0.717) is 6.42 Å². The zero-order valence-electron chi connectivity index (χ0n) is 32.4. The number of Topliss-reactive ketones (excluding diaryl/α,β-unsaturated/α-hetero) is 2. The first-order chi connectivity index (χ1) is 25.9. The van der Waals surface area contributed by atoms with Gasteiger partial charge in [-0.05, 0) is 71.4 Å². The maximum atomic E-state index is 14.0. The number of aliphatic hydroxyl groups is 4. The van der Waals surface area contributed by atoms with Gasteiger partial charge in [-0.3, -0.25) is 28.7 Å². The number of amides is 1. The van der Waals surface area contributed by atoms with E-state index in [0.717, 1.165) is 38.8 Å². The first-order valence-corrected chi connectivity index (χ1v) is 20.8. The van der Waals surface area contributed by atoms with E-state index >= 15 is 0 Å². The van der Waals surface area contributed by atoms with E-state index in [1.54, 1.807) is 14.1 Å². The fourth-order valence-electron chi connectivity index (χ4n) is 8.45. The Kier molecular flexibility index (Phi) is 15.1. The van der Waals surface area contributed by atoms with Crippen LogP contribution in [0.25, 0.3) is 5.76 Å². The van der Waals surface area contributed by atoms with Gasteiger partial charge in [0.25, 0.3) is 5.91 Å². The van der Waals surface area contributed by atoms with Gasteiger partial charge < -0.3 is 30.8 Å². The van der Waals surface area contributed by atoms with Crippen molar-refractivity contribution in [1.29, 1.82) is 0 Å². The van der Waals surface area contributed by atoms with Crippen LogP contribution in [0.4, 0.5) is 0 Å². The van der Waals surface area contributed by atoms with Crippen molar-refractivity contribution in [3.8, 4) is 5.75 Å². The molecule has 16 heteroatoms. The lowest BCUT2D eigenvalue weighted by atomic mass is 9.54. The molecule has 5 atom stereocenters. The molecule has 1 saturated carbocycles. The van der Waals surface area contributed by atoms with E-state index in [9.17, 15) is 48.3 Å². The Morgan fingerprint density at radius 3 is 2.11 bits per heavy atom. The van der Waals surface area contributed by atoms with Crippen LogP contribution in [0.1, 0.15) is 108 Å². The second kappa shape index (κ2) is 18.7. The lowest BCUT2D eigenvalue weighted by molar-refractivity contribution is -0.159. The molecule has 0 aromatic heterocycles. The standard InChI is InChI=1S/C27H33N3O8.C12H26O4S/c1-26(37)13-7-6-8-16(31)17(13)21(32)18-14(26)11-15-20(29(2)3)22(33)19(24(35)27(15,38)23(18)34)25(36)28-12-30-9-4-5-10-30;1-2-3-4-5-6-7-8-9-10-11-12-16-17(13,14)15/h6-8,14-15,20,31-32,35,37-38H,4-5,9-12H2,1-3H3,(H,28,36);2-12H2,1H3,(H,13,14,15)/t14-,15+,20-,26+,27-;/m0./s1. The van der Waals surface area contributed by atoms with Crippen molar-refractivity contribution >= 4 is 33.6 Å². The summed E-state index contributed by atoms with van der Waals surface area (Å²) < 4.78 is 33.0. The molecule has 4 aliphatic rings. The van der Waals surface area contributed by atoms with Crippen molar-refractivity contribution in [2.45, 2.75) is 115 Å². The number of carbonyl (C=O) groups is 3. The van der Waals surface area contributed by atoms with Gasteiger partial charge in [-0.15, -0.1) is 0 Å². The molecule has 5 rings (SSSR count). The molecule has 55 heavy (non-hydrogen) atoms. The second-order valence-corrected chi connectivity index (χ2v) is 16.6. The highest BCUT2D eigenvalue weighted by molar-refractivity contribution is 7.80. The number of aromatic hydroxyl groups is 1. The number of aliphatic hydroxyl groups excluding tert-OH is 2. The molecule has 1 aliphatic heterocycles. The van der Waals surface area contributed by atoms with Crippen LogP contribution in [0.15, 0.2) is 35.1 Å². The zero-order chi connectivity index (χ0) is 40.7. The number of likely N-dealkylation sites (tertiary alicyclic amines) is 1. The number of nitrogens with one attached hydrogen (secondary N) is 1. The van der Waals surface area contributed by atoms with E-state index in [1.807, 2.05) is 4.90 Å². The van der Waals surface area contributed by atoms with E-state index < -0.39 is 74.0 Å². The number of hydrogen-bond donors (Lipinski definition) is 7. The quantitative estimate of drug-likeness (QED) is 0.0712. The molecule has 0 radical (unpaired) electrons. The molecule has 0 unspecified atom stereocenters. The SMILES string of the molecule is CCCCCCCCCCCCOS(=O)(=O)O.CN(C)[C@@H]1C(=O)C(C(=O)NCN2CCCC2)=C(O)[C@@]2(O)C(=O)C3=C(O)c4c(O)cccc4[C@@](C)(O)[C@H]3C[C@H]12. The van der Waals surface area contributed by atoms with Gasteiger partial charge in [0.1, 0.15) is 22.8 Å². The van der Waals surface area contributed by atoms with Gasteiger partial charge in [-0.2, -0.15) is 8.42 Å². The van der Waals surface area contributed by atoms with Crippen molar-refractivity contribution < 1.29 is 57.1 Å². The number of ketones is 2. The Hall–Kier alpha value is -3.38. The molecule has 0 bridgehead atoms. The minimum Gasteiger partial charge on any atom is -0.508 e. The molecule has 1 aromatic rings. The van der Waals surface area contributed by atoms with Crippen LogP contribution in [-0.4, -0.2) is 118 Å². The number of phenols is 1. The highest BCUT2D eigenvalue weighted by atomic mass is 32.3. The number of hydrogen-bond acceptors (Lipinski definition) is 13. The average Bonchev–Trinajstić information content (AvgIpc) is 3.64. The normalized spacial score (nSPS) is 26.7. The first-order valence-electron chi connectivity index (χ1n) is 19.4. The zero-order valence-corrected chi connectivity index (χ0v) is 33.2. The summed E-state index contributed by atoms with van der Waals surface area (Å²) >= 11 is 0. The van der Waals surface area contributed by atoms with Crippen LogP contribution in [-0.2, 0) is 34.6 Å². The van der Waals surface area contributed by atoms with Crippen LogP contribution >= 0.6 is 0 Å². The van der Waals surface area contributed by atoms with E-state index in [-0.39, 0.29) is 42.1 Å². The summed E-state index contributed by atoms with van der Waals surface area (Å²) in [5.41, 5.74) is -5.54. The van der Waals surface area contributed by atoms with Crippen molar-refractivity contribution in [1.82, 2.24) is 15.1 Å². The molecule has 1 amide bonds. The van der Waals surface area contributed by atoms with E-state index in [2.05, 4.69) is 16.4 Å². The number of carbonyl (C=O) groups excluding carboxylic acids is 3. The van der Waals surface area contributed by atoms with Gasteiger partial charge >= 0.3 is 10.4 Å². The highest BCUT2D eigenvalue weighted by Crippen LogP contribution is 2.57. The summed E-state index contributed by atoms with van der Waals surface area (Å²) in [4.78, 5) is 44.3. The van der Waals surface area contributed by atoms with Crippen molar-refractivity contribution in [3.05, 3.63) is 46.2 Å². The third-order valence-electron chi connectivity index (χ3n) is 11.4. The van der Waals surface area contributed by atoms with Gasteiger partial charge in [0, 0.05) is 17.4 Å². The van der Waals surface area contributed by atoms with Crippen LogP contribution < -0.4 is 5.32 Å².